The van der Waals surface area contributed by atoms with Gasteiger partial charge in [0.15, 0.2) is 5.78 Å². The molecule has 2 heterocycles. The molecule has 1 saturated heterocycles. The summed E-state index contributed by atoms with van der Waals surface area (Å²) in [5.74, 6) is 5.06. The Morgan fingerprint density at radius 2 is 1.90 bits per heavy atom. The summed E-state index contributed by atoms with van der Waals surface area (Å²) >= 11 is 1.94. The lowest BCUT2D eigenvalue weighted by molar-refractivity contribution is 0.0961. The Labute approximate surface area is 179 Å². The van der Waals surface area contributed by atoms with Gasteiger partial charge in [0.1, 0.15) is 17.3 Å². The van der Waals surface area contributed by atoms with Crippen LogP contribution in [0.3, 0.4) is 0 Å². The van der Waals surface area contributed by atoms with Crippen LogP contribution in [0.4, 0.5) is 11.5 Å². The maximum absolute atomic E-state index is 13.0. The quantitative estimate of drug-likeness (QED) is 0.513. The highest BCUT2D eigenvalue weighted by molar-refractivity contribution is 7.99. The Morgan fingerprint density at radius 3 is 2.45 bits per heavy atom. The van der Waals surface area contributed by atoms with Gasteiger partial charge in [0.2, 0.25) is 0 Å². The molecule has 0 bridgehead atoms. The van der Waals surface area contributed by atoms with Gasteiger partial charge in [-0.15, -0.1) is 0 Å². The second-order valence-corrected chi connectivity index (χ2v) is 9.74. The first-order valence-corrected chi connectivity index (χ1v) is 11.9. The van der Waals surface area contributed by atoms with Gasteiger partial charge in [0, 0.05) is 29.3 Å². The van der Waals surface area contributed by atoms with Crippen molar-refractivity contribution in [2.24, 2.45) is 5.92 Å². The first-order valence-electron chi connectivity index (χ1n) is 10.8. The molecule has 4 nitrogen and oxygen atoms in total. The molecule has 0 amide bonds. The number of thioether (sulfide) groups is 1. The van der Waals surface area contributed by atoms with E-state index in [1.165, 1.54) is 5.56 Å². The molecule has 1 fully saturated rings. The number of anilines is 2. The van der Waals surface area contributed by atoms with Crippen molar-refractivity contribution in [1.82, 2.24) is 9.97 Å². The van der Waals surface area contributed by atoms with Crippen LogP contribution in [0, 0.1) is 5.92 Å². The second kappa shape index (κ2) is 9.75. The number of carbonyl (C=O) groups excluding carboxylic acids is 1. The number of benzene rings is 1. The van der Waals surface area contributed by atoms with Crippen molar-refractivity contribution in [2.45, 2.75) is 65.7 Å². The van der Waals surface area contributed by atoms with Crippen LogP contribution >= 0.6 is 11.8 Å². The summed E-state index contributed by atoms with van der Waals surface area (Å²) in [4.78, 5) is 22.7. The molecule has 1 N–H and O–H groups in total. The Hall–Kier alpha value is -1.88. The van der Waals surface area contributed by atoms with E-state index in [0.717, 1.165) is 47.2 Å². The zero-order valence-electron chi connectivity index (χ0n) is 18.3. The fraction of sp³-hybridized carbons (Fsp3) is 0.542. The smallest absolute Gasteiger partial charge is 0.181 e. The van der Waals surface area contributed by atoms with Gasteiger partial charge in [0.25, 0.3) is 0 Å². The third-order valence-corrected chi connectivity index (χ3v) is 6.53. The van der Waals surface area contributed by atoms with Crippen LogP contribution in [-0.4, -0.2) is 27.3 Å². The summed E-state index contributed by atoms with van der Waals surface area (Å²) < 4.78 is 0. The molecule has 1 aliphatic rings. The lowest BCUT2D eigenvalue weighted by atomic mass is 9.99. The van der Waals surface area contributed by atoms with Crippen LogP contribution in [0.25, 0.3) is 0 Å². The minimum atomic E-state index is 0.129. The average molecular weight is 412 g/mol. The van der Waals surface area contributed by atoms with Gasteiger partial charge in [-0.2, -0.15) is 11.8 Å². The van der Waals surface area contributed by atoms with E-state index >= 15 is 0 Å². The minimum Gasteiger partial charge on any atom is -0.340 e. The molecule has 0 aliphatic carbocycles. The number of hydrogen-bond donors (Lipinski definition) is 1. The fourth-order valence-corrected chi connectivity index (χ4v) is 4.86. The molecule has 1 aromatic heterocycles. The molecule has 1 aromatic carbocycles. The Balaban J connectivity index is 2.00. The van der Waals surface area contributed by atoms with Crippen molar-refractivity contribution in [3.8, 4) is 0 Å². The number of nitrogens with one attached hydrogen (secondary N) is 1. The summed E-state index contributed by atoms with van der Waals surface area (Å²) in [6.07, 6.45) is 2.33. The maximum atomic E-state index is 13.0. The zero-order chi connectivity index (χ0) is 21.0. The van der Waals surface area contributed by atoms with Gasteiger partial charge >= 0.3 is 0 Å². The van der Waals surface area contributed by atoms with Crippen molar-refractivity contribution in [2.75, 3.05) is 16.8 Å². The van der Waals surface area contributed by atoms with E-state index in [0.29, 0.717) is 29.9 Å². The van der Waals surface area contributed by atoms with Gasteiger partial charge in [-0.1, -0.05) is 46.8 Å². The number of aromatic nitrogens is 2. The average Bonchev–Trinajstić information content (AvgIpc) is 3.22. The number of nitrogens with zero attached hydrogens (tertiary/aromatic N) is 2. The molecule has 0 radical (unpaired) electrons. The molecule has 2 aromatic rings. The third-order valence-electron chi connectivity index (χ3n) is 5.37. The lowest BCUT2D eigenvalue weighted by Gasteiger charge is -2.18. The largest absolute Gasteiger partial charge is 0.340 e. The van der Waals surface area contributed by atoms with Crippen LogP contribution in [0.1, 0.15) is 86.7 Å². The number of hydrogen-bond acceptors (Lipinski definition) is 5. The van der Waals surface area contributed by atoms with Gasteiger partial charge in [-0.25, -0.2) is 9.97 Å². The molecular formula is C24H33N3OS. The zero-order valence-corrected chi connectivity index (χ0v) is 19.1. The van der Waals surface area contributed by atoms with E-state index in [2.05, 4.69) is 64.2 Å². The van der Waals surface area contributed by atoms with Crippen LogP contribution in [-0.2, 0) is 6.42 Å². The third kappa shape index (κ3) is 5.39. The van der Waals surface area contributed by atoms with Crippen molar-refractivity contribution in [1.29, 1.82) is 0 Å². The Morgan fingerprint density at radius 1 is 1.17 bits per heavy atom. The topological polar surface area (TPSA) is 54.9 Å². The van der Waals surface area contributed by atoms with E-state index in [9.17, 15) is 4.79 Å². The number of carbonyl (C=O) groups is 1. The Bertz CT molecular complexity index is 840. The van der Waals surface area contributed by atoms with Gasteiger partial charge in [-0.3, -0.25) is 4.79 Å². The maximum Gasteiger partial charge on any atom is 0.181 e. The summed E-state index contributed by atoms with van der Waals surface area (Å²) in [6, 6.07) is 8.49. The molecule has 29 heavy (non-hydrogen) atoms. The van der Waals surface area contributed by atoms with Crippen molar-refractivity contribution < 1.29 is 4.79 Å². The second-order valence-electron chi connectivity index (χ2n) is 8.59. The Kier molecular flexibility index (Phi) is 7.33. The predicted octanol–water partition coefficient (Wildman–Crippen LogP) is 6.36. The van der Waals surface area contributed by atoms with E-state index in [4.69, 9.17) is 9.97 Å². The molecule has 1 atom stereocenters. The number of rotatable bonds is 8. The van der Waals surface area contributed by atoms with E-state index in [1.807, 2.05) is 11.8 Å². The van der Waals surface area contributed by atoms with Crippen molar-refractivity contribution >= 4 is 29.1 Å². The highest BCUT2D eigenvalue weighted by atomic mass is 32.2. The molecule has 1 aliphatic heterocycles. The molecule has 0 saturated carbocycles. The van der Waals surface area contributed by atoms with Gasteiger partial charge in [-0.05, 0) is 48.1 Å². The fourth-order valence-electron chi connectivity index (χ4n) is 3.65. The van der Waals surface area contributed by atoms with Crippen LogP contribution in [0.15, 0.2) is 24.3 Å². The number of Topliss-reactive ketones (excluding diaryl/α,β-unsaturated/α-hetero) is 1. The SMILES string of the molecule is CCc1c(Nc2ccc(C(C)C)cc2)nc(C2CCSC2)nc1C(=O)CC(C)C. The normalized spacial score (nSPS) is 16.6. The lowest BCUT2D eigenvalue weighted by Crippen LogP contribution is -2.17. The van der Waals surface area contributed by atoms with Crippen LogP contribution < -0.4 is 5.32 Å². The standard InChI is InChI=1S/C24H33N3OS/c1-6-20-22(21(28)13-15(2)3)26-23(18-11-12-29-14-18)27-24(20)25-19-9-7-17(8-10-19)16(4)5/h7-10,15-16,18H,6,11-14H2,1-5H3,(H,25,26,27). The summed E-state index contributed by atoms with van der Waals surface area (Å²) in [7, 11) is 0. The van der Waals surface area contributed by atoms with Gasteiger partial charge < -0.3 is 5.32 Å². The molecule has 0 spiro atoms. The summed E-state index contributed by atoms with van der Waals surface area (Å²) in [6.45, 7) is 10.6. The molecule has 1 unspecified atom stereocenters. The minimum absolute atomic E-state index is 0.129. The first-order chi connectivity index (χ1) is 13.9. The monoisotopic (exact) mass is 411 g/mol. The molecule has 156 valence electrons. The first kappa shape index (κ1) is 21.8. The number of ketones is 1. The van der Waals surface area contributed by atoms with E-state index < -0.39 is 0 Å². The molecule has 5 heteroatoms. The van der Waals surface area contributed by atoms with E-state index in [1.54, 1.807) is 0 Å². The van der Waals surface area contributed by atoms with Gasteiger partial charge in [0.05, 0.1) is 0 Å². The highest BCUT2D eigenvalue weighted by Crippen LogP contribution is 2.33. The van der Waals surface area contributed by atoms with Crippen LogP contribution in [0.2, 0.25) is 0 Å². The van der Waals surface area contributed by atoms with Crippen molar-refractivity contribution in [3.05, 3.63) is 46.9 Å². The highest BCUT2D eigenvalue weighted by Gasteiger charge is 2.26. The van der Waals surface area contributed by atoms with Crippen molar-refractivity contribution in [3.63, 3.8) is 0 Å². The summed E-state index contributed by atoms with van der Waals surface area (Å²) in [5, 5.41) is 3.49. The summed E-state index contributed by atoms with van der Waals surface area (Å²) in [5.41, 5.74) is 3.85. The van der Waals surface area contributed by atoms with Crippen LogP contribution in [0.5, 0.6) is 0 Å². The predicted molar refractivity (Wildman–Crippen MR) is 124 cm³/mol. The molecular weight excluding hydrogens is 378 g/mol. The van der Waals surface area contributed by atoms with E-state index in [-0.39, 0.29) is 5.78 Å². The molecule has 3 rings (SSSR count).